The zero-order valence-corrected chi connectivity index (χ0v) is 11.9. The average molecular weight is 282 g/mol. The minimum absolute atomic E-state index is 0.0810. The molecule has 1 fully saturated rings. The average Bonchev–Trinajstić information content (AvgIpc) is 2.37. The van der Waals surface area contributed by atoms with E-state index in [-0.39, 0.29) is 10.6 Å². The lowest BCUT2D eigenvalue weighted by molar-refractivity contribution is -0.384. The lowest BCUT2D eigenvalue weighted by Crippen LogP contribution is -2.36. The van der Waals surface area contributed by atoms with E-state index in [1.807, 2.05) is 11.8 Å². The second-order valence-electron chi connectivity index (χ2n) is 4.81. The molecule has 1 N–H and O–H groups in total. The van der Waals surface area contributed by atoms with Gasteiger partial charge in [0.15, 0.2) is 0 Å². The van der Waals surface area contributed by atoms with E-state index < -0.39 is 6.10 Å². The molecule has 5 nitrogen and oxygen atoms in total. The van der Waals surface area contributed by atoms with Crippen LogP contribution in [0, 0.1) is 10.1 Å². The largest absolute Gasteiger partial charge is 0.389 e. The van der Waals surface area contributed by atoms with E-state index in [1.54, 1.807) is 19.1 Å². The molecule has 2 unspecified atom stereocenters. The molecule has 1 aromatic rings. The Labute approximate surface area is 116 Å². The smallest absolute Gasteiger partial charge is 0.292 e. The molecule has 1 aliphatic heterocycles. The molecule has 2 atom stereocenters. The molecule has 6 heteroatoms. The Bertz CT molecular complexity index is 479. The fourth-order valence-electron chi connectivity index (χ4n) is 2.25. The second kappa shape index (κ2) is 5.79. The molecule has 1 heterocycles. The molecule has 0 saturated carbocycles. The standard InChI is InChI=1S/C13H18N2O3S/c1-9-8-14(5-6-19-9)12-4-3-11(10(2)16)7-13(12)15(17)18/h3-4,7,9-10,16H,5-6,8H2,1-2H3. The molecule has 19 heavy (non-hydrogen) atoms. The number of anilines is 1. The highest BCUT2D eigenvalue weighted by Gasteiger charge is 2.24. The van der Waals surface area contributed by atoms with Crippen LogP contribution in [0.25, 0.3) is 0 Å². The maximum atomic E-state index is 11.2. The Morgan fingerprint density at radius 3 is 2.89 bits per heavy atom. The van der Waals surface area contributed by atoms with Crippen LogP contribution in [0.5, 0.6) is 0 Å². The highest BCUT2D eigenvalue weighted by molar-refractivity contribution is 8.00. The normalized spacial score (nSPS) is 21.2. The zero-order chi connectivity index (χ0) is 14.0. The third kappa shape index (κ3) is 3.19. The first kappa shape index (κ1) is 14.1. The monoisotopic (exact) mass is 282 g/mol. The van der Waals surface area contributed by atoms with Crippen LogP contribution in [0.2, 0.25) is 0 Å². The number of nitro groups is 1. The number of hydrogen-bond acceptors (Lipinski definition) is 5. The Hall–Kier alpha value is -1.27. The highest BCUT2D eigenvalue weighted by atomic mass is 32.2. The Morgan fingerprint density at radius 2 is 2.32 bits per heavy atom. The van der Waals surface area contributed by atoms with Crippen molar-refractivity contribution in [2.75, 3.05) is 23.7 Å². The van der Waals surface area contributed by atoms with E-state index in [0.29, 0.717) is 16.5 Å². The predicted molar refractivity (Wildman–Crippen MR) is 77.9 cm³/mol. The van der Waals surface area contributed by atoms with E-state index in [2.05, 4.69) is 11.8 Å². The van der Waals surface area contributed by atoms with Gasteiger partial charge in [0.2, 0.25) is 0 Å². The van der Waals surface area contributed by atoms with Crippen molar-refractivity contribution in [3.05, 3.63) is 33.9 Å². The number of nitrogens with zero attached hydrogens (tertiary/aromatic N) is 2. The maximum absolute atomic E-state index is 11.2. The summed E-state index contributed by atoms with van der Waals surface area (Å²) in [5, 5.41) is 21.2. The van der Waals surface area contributed by atoms with Gasteiger partial charge in [-0.15, -0.1) is 0 Å². The summed E-state index contributed by atoms with van der Waals surface area (Å²) >= 11 is 1.89. The van der Waals surface area contributed by atoms with Crippen LogP contribution in [-0.4, -0.2) is 34.1 Å². The number of rotatable bonds is 3. The van der Waals surface area contributed by atoms with E-state index in [0.717, 1.165) is 18.8 Å². The van der Waals surface area contributed by atoms with E-state index in [1.165, 1.54) is 6.07 Å². The molecule has 1 aliphatic rings. The van der Waals surface area contributed by atoms with Crippen LogP contribution < -0.4 is 4.90 Å². The van der Waals surface area contributed by atoms with Crippen LogP contribution >= 0.6 is 11.8 Å². The first-order valence-electron chi connectivity index (χ1n) is 6.32. The minimum Gasteiger partial charge on any atom is -0.389 e. The van der Waals surface area contributed by atoms with Crippen molar-refractivity contribution in [2.45, 2.75) is 25.2 Å². The van der Waals surface area contributed by atoms with Gasteiger partial charge in [0, 0.05) is 30.2 Å². The third-order valence-electron chi connectivity index (χ3n) is 3.26. The van der Waals surface area contributed by atoms with Crippen molar-refractivity contribution < 1.29 is 10.0 Å². The molecule has 2 rings (SSSR count). The molecule has 0 aliphatic carbocycles. The SMILES string of the molecule is CC1CN(c2ccc(C(C)O)cc2[N+](=O)[O-])CCS1. The fourth-order valence-corrected chi connectivity index (χ4v) is 3.26. The summed E-state index contributed by atoms with van der Waals surface area (Å²) in [5.41, 5.74) is 1.31. The van der Waals surface area contributed by atoms with Crippen LogP contribution in [0.1, 0.15) is 25.5 Å². The van der Waals surface area contributed by atoms with Crippen molar-refractivity contribution >= 4 is 23.1 Å². The van der Waals surface area contributed by atoms with Gasteiger partial charge in [0.1, 0.15) is 5.69 Å². The topological polar surface area (TPSA) is 66.6 Å². The summed E-state index contributed by atoms with van der Waals surface area (Å²) in [6.45, 7) is 5.38. The van der Waals surface area contributed by atoms with Gasteiger partial charge in [0.05, 0.1) is 11.0 Å². The van der Waals surface area contributed by atoms with Crippen molar-refractivity contribution in [3.63, 3.8) is 0 Å². The first-order chi connectivity index (χ1) is 8.99. The number of aliphatic hydroxyl groups is 1. The van der Waals surface area contributed by atoms with E-state index in [4.69, 9.17) is 0 Å². The van der Waals surface area contributed by atoms with E-state index in [9.17, 15) is 15.2 Å². The molecule has 1 aromatic carbocycles. The van der Waals surface area contributed by atoms with Crippen molar-refractivity contribution in [2.24, 2.45) is 0 Å². The molecular formula is C13H18N2O3S. The fraction of sp³-hybridized carbons (Fsp3) is 0.538. The van der Waals surface area contributed by atoms with Crippen molar-refractivity contribution in [3.8, 4) is 0 Å². The summed E-state index contributed by atoms with van der Waals surface area (Å²) < 4.78 is 0. The number of nitro benzene ring substituents is 1. The third-order valence-corrected chi connectivity index (χ3v) is 4.40. The number of hydrogen-bond donors (Lipinski definition) is 1. The van der Waals surface area contributed by atoms with Gasteiger partial charge in [-0.05, 0) is 18.6 Å². The van der Waals surface area contributed by atoms with E-state index >= 15 is 0 Å². The molecule has 104 valence electrons. The summed E-state index contributed by atoms with van der Waals surface area (Å²) in [5.74, 6) is 0.983. The van der Waals surface area contributed by atoms with Crippen molar-refractivity contribution in [1.29, 1.82) is 0 Å². The molecule has 1 saturated heterocycles. The molecule has 0 radical (unpaired) electrons. The Kier molecular flexibility index (Phi) is 4.31. The number of benzene rings is 1. The lowest BCUT2D eigenvalue weighted by Gasteiger charge is -2.32. The van der Waals surface area contributed by atoms with Gasteiger partial charge in [-0.25, -0.2) is 0 Å². The molecule has 0 amide bonds. The lowest BCUT2D eigenvalue weighted by atomic mass is 10.1. The summed E-state index contributed by atoms with van der Waals surface area (Å²) in [4.78, 5) is 12.9. The first-order valence-corrected chi connectivity index (χ1v) is 7.37. The molecule has 0 aromatic heterocycles. The summed E-state index contributed by atoms with van der Waals surface area (Å²) in [6, 6.07) is 4.99. The summed E-state index contributed by atoms with van der Waals surface area (Å²) in [6.07, 6.45) is -0.691. The van der Waals surface area contributed by atoms with Gasteiger partial charge in [-0.2, -0.15) is 11.8 Å². The van der Waals surface area contributed by atoms with Crippen molar-refractivity contribution in [1.82, 2.24) is 0 Å². The van der Waals surface area contributed by atoms with Gasteiger partial charge < -0.3 is 10.0 Å². The predicted octanol–water partition coefficient (Wildman–Crippen LogP) is 2.59. The molecule has 0 spiro atoms. The number of aliphatic hydroxyl groups excluding tert-OH is 1. The van der Waals surface area contributed by atoms with Crippen LogP contribution in [0.4, 0.5) is 11.4 Å². The molecular weight excluding hydrogens is 264 g/mol. The summed E-state index contributed by atoms with van der Waals surface area (Å²) in [7, 11) is 0. The van der Waals surface area contributed by atoms with Gasteiger partial charge in [0.25, 0.3) is 5.69 Å². The number of thioether (sulfide) groups is 1. The quantitative estimate of drug-likeness (QED) is 0.682. The van der Waals surface area contributed by atoms with Gasteiger partial charge >= 0.3 is 0 Å². The highest BCUT2D eigenvalue weighted by Crippen LogP contribution is 2.33. The minimum atomic E-state index is -0.691. The molecule has 0 bridgehead atoms. The van der Waals surface area contributed by atoms with Gasteiger partial charge in [-0.1, -0.05) is 13.0 Å². The van der Waals surface area contributed by atoms with Crippen LogP contribution in [0.15, 0.2) is 18.2 Å². The van der Waals surface area contributed by atoms with Crippen LogP contribution in [-0.2, 0) is 0 Å². The van der Waals surface area contributed by atoms with Crippen LogP contribution in [0.3, 0.4) is 0 Å². The maximum Gasteiger partial charge on any atom is 0.292 e. The zero-order valence-electron chi connectivity index (χ0n) is 11.1. The second-order valence-corrected chi connectivity index (χ2v) is 6.35. The Balaban J connectivity index is 2.36. The van der Waals surface area contributed by atoms with Gasteiger partial charge in [-0.3, -0.25) is 10.1 Å². The Morgan fingerprint density at radius 1 is 1.58 bits per heavy atom.